The van der Waals surface area contributed by atoms with Crippen LogP contribution in [-0.4, -0.2) is 28.6 Å². The molecule has 1 fully saturated rings. The molecule has 0 bridgehead atoms. The first-order valence-corrected chi connectivity index (χ1v) is 8.57. The Bertz CT molecular complexity index is 962. The second-order valence-corrected chi connectivity index (χ2v) is 6.67. The number of furan rings is 1. The quantitative estimate of drug-likeness (QED) is 0.577. The lowest BCUT2D eigenvalue weighted by Crippen LogP contribution is -2.27. The predicted molar refractivity (Wildman–Crippen MR) is 96.4 cm³/mol. The summed E-state index contributed by atoms with van der Waals surface area (Å²) < 4.78 is 5.65. The summed E-state index contributed by atoms with van der Waals surface area (Å²) in [5.41, 5.74) is 0.456. The largest absolute Gasteiger partial charge is 0.545 e. The van der Waals surface area contributed by atoms with Crippen LogP contribution in [0.3, 0.4) is 0 Å². The van der Waals surface area contributed by atoms with Crippen LogP contribution in [0.4, 0.5) is 4.79 Å². The molecule has 2 heterocycles. The number of amides is 2. The maximum absolute atomic E-state index is 12.2. The molecule has 8 heteroatoms. The van der Waals surface area contributed by atoms with E-state index in [0.29, 0.717) is 17.1 Å². The molecule has 0 atom stereocenters. The molecule has 1 aromatic carbocycles. The van der Waals surface area contributed by atoms with Crippen LogP contribution in [0.1, 0.15) is 16.1 Å². The van der Waals surface area contributed by atoms with Crippen molar-refractivity contribution in [2.75, 3.05) is 6.54 Å². The Morgan fingerprint density at radius 3 is 2.73 bits per heavy atom. The molecule has 3 rings (SSSR count). The van der Waals surface area contributed by atoms with Gasteiger partial charge in [-0.2, -0.15) is 0 Å². The number of nitrogens with zero attached hydrogens (tertiary/aromatic N) is 1. The molecule has 1 aromatic heterocycles. The van der Waals surface area contributed by atoms with Crippen LogP contribution in [-0.2, 0) is 4.79 Å². The summed E-state index contributed by atoms with van der Waals surface area (Å²) >= 11 is 6.75. The highest BCUT2D eigenvalue weighted by molar-refractivity contribution is 8.18. The van der Waals surface area contributed by atoms with Crippen LogP contribution >= 0.6 is 23.4 Å². The van der Waals surface area contributed by atoms with Crippen LogP contribution in [0, 0.1) is 0 Å². The summed E-state index contributed by atoms with van der Waals surface area (Å²) in [6.45, 7) is 3.67. The van der Waals surface area contributed by atoms with Gasteiger partial charge < -0.3 is 14.3 Å². The van der Waals surface area contributed by atoms with Crippen molar-refractivity contribution in [1.82, 2.24) is 4.90 Å². The highest BCUT2D eigenvalue weighted by Crippen LogP contribution is 2.33. The van der Waals surface area contributed by atoms with Gasteiger partial charge in [-0.3, -0.25) is 14.5 Å². The van der Waals surface area contributed by atoms with Gasteiger partial charge in [0.1, 0.15) is 11.5 Å². The minimum atomic E-state index is -1.36. The molecule has 0 saturated carbocycles. The van der Waals surface area contributed by atoms with Gasteiger partial charge in [-0.15, -0.1) is 6.58 Å². The summed E-state index contributed by atoms with van der Waals surface area (Å²) in [4.78, 5) is 36.2. The number of carboxylic acid groups (broad SMARTS) is 1. The lowest BCUT2D eigenvalue weighted by atomic mass is 10.1. The normalized spacial score (nSPS) is 15.7. The third-order valence-electron chi connectivity index (χ3n) is 3.56. The van der Waals surface area contributed by atoms with Gasteiger partial charge in [0.05, 0.1) is 15.9 Å². The van der Waals surface area contributed by atoms with Crippen LogP contribution in [0.5, 0.6) is 0 Å². The molecule has 0 spiro atoms. The highest BCUT2D eigenvalue weighted by Gasteiger charge is 2.34. The van der Waals surface area contributed by atoms with Crippen molar-refractivity contribution >= 4 is 46.6 Å². The van der Waals surface area contributed by atoms with Gasteiger partial charge >= 0.3 is 0 Å². The van der Waals surface area contributed by atoms with Gasteiger partial charge in [-0.1, -0.05) is 29.8 Å². The Labute approximate surface area is 157 Å². The lowest BCUT2D eigenvalue weighted by molar-refractivity contribution is -0.255. The fourth-order valence-electron chi connectivity index (χ4n) is 2.34. The third-order valence-corrected chi connectivity index (χ3v) is 4.78. The Hall–Kier alpha value is -2.77. The van der Waals surface area contributed by atoms with Gasteiger partial charge in [0, 0.05) is 23.7 Å². The van der Waals surface area contributed by atoms with Crippen LogP contribution in [0.2, 0.25) is 5.02 Å². The molecule has 26 heavy (non-hydrogen) atoms. The van der Waals surface area contributed by atoms with Crippen LogP contribution in [0.25, 0.3) is 17.4 Å². The van der Waals surface area contributed by atoms with E-state index in [2.05, 4.69) is 6.58 Å². The van der Waals surface area contributed by atoms with Gasteiger partial charge in [0.25, 0.3) is 11.1 Å². The predicted octanol–water partition coefficient (Wildman–Crippen LogP) is 3.19. The second-order valence-electron chi connectivity index (χ2n) is 5.27. The van der Waals surface area contributed by atoms with Crippen LogP contribution < -0.4 is 5.11 Å². The summed E-state index contributed by atoms with van der Waals surface area (Å²) in [6, 6.07) is 7.61. The van der Waals surface area contributed by atoms with Crippen molar-refractivity contribution in [3.05, 3.63) is 64.2 Å². The van der Waals surface area contributed by atoms with E-state index >= 15 is 0 Å². The van der Waals surface area contributed by atoms with E-state index in [1.165, 1.54) is 30.4 Å². The monoisotopic (exact) mass is 388 g/mol. The molecule has 132 valence electrons. The van der Waals surface area contributed by atoms with E-state index in [0.717, 1.165) is 16.7 Å². The third kappa shape index (κ3) is 3.44. The molecule has 0 unspecified atom stereocenters. The Balaban J connectivity index is 1.86. The zero-order valence-corrected chi connectivity index (χ0v) is 14.8. The number of carbonyl (C=O) groups is 3. The maximum atomic E-state index is 12.2. The SMILES string of the molecule is C=CCN1C(=O)S/C(=C\c2ccc(-c3ccc(C(=O)[O-])c(Cl)c3)o2)C1=O. The van der Waals surface area contributed by atoms with Crippen molar-refractivity contribution in [2.24, 2.45) is 0 Å². The minimum absolute atomic E-state index is 0.0333. The summed E-state index contributed by atoms with van der Waals surface area (Å²) in [5, 5.41) is 10.6. The fraction of sp³-hybridized carbons (Fsp3) is 0.0556. The van der Waals surface area contributed by atoms with E-state index in [4.69, 9.17) is 16.0 Å². The van der Waals surface area contributed by atoms with Crippen LogP contribution in [0.15, 0.2) is 52.3 Å². The summed E-state index contributed by atoms with van der Waals surface area (Å²) in [7, 11) is 0. The number of rotatable bonds is 5. The van der Waals surface area contributed by atoms with E-state index in [9.17, 15) is 19.5 Å². The van der Waals surface area contributed by atoms with Crippen molar-refractivity contribution in [2.45, 2.75) is 0 Å². The van der Waals surface area contributed by atoms with Crippen molar-refractivity contribution in [1.29, 1.82) is 0 Å². The summed E-state index contributed by atoms with van der Waals surface area (Å²) in [5.74, 6) is -0.950. The zero-order chi connectivity index (χ0) is 18.8. The highest BCUT2D eigenvalue weighted by atomic mass is 35.5. The molecule has 2 aromatic rings. The van der Waals surface area contributed by atoms with Gasteiger partial charge in [-0.05, 0) is 30.0 Å². The molecule has 6 nitrogen and oxygen atoms in total. The number of imide groups is 1. The number of carboxylic acids is 1. The fourth-order valence-corrected chi connectivity index (χ4v) is 3.42. The number of thioether (sulfide) groups is 1. The lowest BCUT2D eigenvalue weighted by Gasteiger charge is -2.07. The Morgan fingerprint density at radius 2 is 2.08 bits per heavy atom. The Kier molecular flexibility index (Phi) is 5.01. The van der Waals surface area contributed by atoms with Gasteiger partial charge in [-0.25, -0.2) is 0 Å². The first-order valence-electron chi connectivity index (χ1n) is 7.38. The molecule has 2 amide bonds. The van der Waals surface area contributed by atoms with Crippen molar-refractivity contribution < 1.29 is 23.9 Å². The molecule has 0 radical (unpaired) electrons. The van der Waals surface area contributed by atoms with E-state index in [1.54, 1.807) is 12.1 Å². The average Bonchev–Trinajstić information content (AvgIpc) is 3.15. The molecule has 0 aliphatic carbocycles. The van der Waals surface area contributed by atoms with E-state index in [1.807, 2.05) is 0 Å². The molecular formula is C18H11ClNO5S-. The average molecular weight is 389 g/mol. The molecule has 0 N–H and O–H groups in total. The smallest absolute Gasteiger partial charge is 0.293 e. The maximum Gasteiger partial charge on any atom is 0.293 e. The molecule has 1 aliphatic rings. The number of hydrogen-bond acceptors (Lipinski definition) is 6. The standard InChI is InChI=1S/C18H12ClNO5S/c1-2-7-20-16(21)15(26-18(20)24)9-11-4-6-14(25-11)10-3-5-12(17(22)23)13(19)8-10/h2-6,8-9H,1,7H2,(H,22,23)/p-1/b15-9-. The Morgan fingerprint density at radius 1 is 1.31 bits per heavy atom. The summed E-state index contributed by atoms with van der Waals surface area (Å²) in [6.07, 6.45) is 2.96. The van der Waals surface area contributed by atoms with E-state index in [-0.39, 0.29) is 27.3 Å². The van der Waals surface area contributed by atoms with Crippen molar-refractivity contribution in [3.8, 4) is 11.3 Å². The zero-order valence-electron chi connectivity index (χ0n) is 13.2. The van der Waals surface area contributed by atoms with Crippen molar-refractivity contribution in [3.63, 3.8) is 0 Å². The number of hydrogen-bond donors (Lipinski definition) is 0. The van der Waals surface area contributed by atoms with E-state index < -0.39 is 11.9 Å². The molecule has 1 saturated heterocycles. The number of halogens is 1. The topological polar surface area (TPSA) is 90.7 Å². The number of aromatic carboxylic acids is 1. The first kappa shape index (κ1) is 18.0. The minimum Gasteiger partial charge on any atom is -0.545 e. The molecule has 1 aliphatic heterocycles. The van der Waals surface area contributed by atoms with Gasteiger partial charge in [0.15, 0.2) is 0 Å². The van der Waals surface area contributed by atoms with Gasteiger partial charge in [0.2, 0.25) is 0 Å². The first-order chi connectivity index (χ1) is 12.4. The number of benzene rings is 1. The molecular weight excluding hydrogens is 378 g/mol. The number of carbonyl (C=O) groups excluding carboxylic acids is 3. The second kappa shape index (κ2) is 7.23.